The molecule has 3 rings (SSSR count). The van der Waals surface area contributed by atoms with Gasteiger partial charge in [0.05, 0.1) is 24.1 Å². The lowest BCUT2D eigenvalue weighted by Crippen LogP contribution is -2.36. The third-order valence-corrected chi connectivity index (χ3v) is 5.95. The molecule has 31 heavy (non-hydrogen) atoms. The highest BCUT2D eigenvalue weighted by Crippen LogP contribution is 2.29. The van der Waals surface area contributed by atoms with E-state index in [0.29, 0.717) is 22.0 Å². The van der Waals surface area contributed by atoms with Gasteiger partial charge in [0.1, 0.15) is 0 Å². The maximum absolute atomic E-state index is 9.39. The van der Waals surface area contributed by atoms with Gasteiger partial charge >= 0.3 is 0 Å². The van der Waals surface area contributed by atoms with Crippen LogP contribution < -0.4 is 5.32 Å². The molecule has 0 aliphatic carbocycles. The summed E-state index contributed by atoms with van der Waals surface area (Å²) >= 11 is 12.1. The second kappa shape index (κ2) is 11.0. The van der Waals surface area contributed by atoms with Crippen LogP contribution in [-0.2, 0) is 6.42 Å². The van der Waals surface area contributed by atoms with E-state index in [0.717, 1.165) is 23.1 Å². The number of nitriles is 2. The number of hydrogen-bond donors (Lipinski definition) is 1. The van der Waals surface area contributed by atoms with Gasteiger partial charge in [-0.15, -0.1) is 0 Å². The summed E-state index contributed by atoms with van der Waals surface area (Å²) in [6.45, 7) is 2.12. The third-order valence-electron chi connectivity index (χ3n) is 5.45. The van der Waals surface area contributed by atoms with Gasteiger partial charge in [-0.25, -0.2) is 0 Å². The van der Waals surface area contributed by atoms with Gasteiger partial charge in [-0.05, 0) is 66.4 Å². The molecule has 3 aromatic rings. The molecule has 0 saturated heterocycles. The summed E-state index contributed by atoms with van der Waals surface area (Å²) < 4.78 is 0. The Kier molecular flexibility index (Phi) is 8.10. The number of rotatable bonds is 8. The van der Waals surface area contributed by atoms with Gasteiger partial charge in [-0.2, -0.15) is 10.5 Å². The molecule has 0 aliphatic heterocycles. The molecule has 0 radical (unpaired) electrons. The lowest BCUT2D eigenvalue weighted by Gasteiger charge is -2.30. The molecule has 1 N–H and O–H groups in total. The van der Waals surface area contributed by atoms with Crippen LogP contribution in [0.2, 0.25) is 10.0 Å². The summed E-state index contributed by atoms with van der Waals surface area (Å²) in [5.41, 5.74) is 3.90. The van der Waals surface area contributed by atoms with Crippen molar-refractivity contribution in [3.05, 3.63) is 105 Å². The minimum absolute atomic E-state index is 0.0404. The van der Waals surface area contributed by atoms with E-state index in [-0.39, 0.29) is 18.0 Å². The van der Waals surface area contributed by atoms with Crippen LogP contribution in [0.5, 0.6) is 0 Å². The fourth-order valence-corrected chi connectivity index (χ4v) is 4.04. The minimum Gasteiger partial charge on any atom is -0.306 e. The zero-order valence-corrected chi connectivity index (χ0v) is 18.7. The molecule has 0 aromatic heterocycles. The van der Waals surface area contributed by atoms with Crippen LogP contribution in [0, 0.1) is 22.7 Å². The Labute approximate surface area is 193 Å². The van der Waals surface area contributed by atoms with Crippen molar-refractivity contribution in [1.82, 2.24) is 5.32 Å². The second-order valence-electron chi connectivity index (χ2n) is 7.60. The normalized spacial score (nSPS) is 13.6. The van der Waals surface area contributed by atoms with Crippen LogP contribution in [0.1, 0.15) is 47.6 Å². The molecule has 3 nitrogen and oxygen atoms in total. The highest BCUT2D eigenvalue weighted by molar-refractivity contribution is 6.30. The standard InChI is InChI=1S/C26H23Cl2N3/c1-18(31-26(13-14-29)21-7-11-24(28)12-8-21)25(16-19-5-9-23(27)10-6-19)22-4-2-3-20(15-22)17-30/h2-12,15,18,25-26,31H,13,16H2,1H3/t18-,25+,26?/m0/s1. The quantitative estimate of drug-likeness (QED) is 0.411. The monoisotopic (exact) mass is 447 g/mol. The SMILES string of the molecule is C[C@H](NC(CC#N)c1ccc(Cl)cc1)[C@@H](Cc1ccc(Cl)cc1)c1cccc(C#N)c1. The van der Waals surface area contributed by atoms with Gasteiger partial charge in [0.25, 0.3) is 0 Å². The Morgan fingerprint density at radius 2 is 1.52 bits per heavy atom. The molecule has 0 bridgehead atoms. The summed E-state index contributed by atoms with van der Waals surface area (Å²) in [6.07, 6.45) is 1.12. The zero-order valence-electron chi connectivity index (χ0n) is 17.2. The summed E-state index contributed by atoms with van der Waals surface area (Å²) in [5, 5.41) is 23.8. The van der Waals surface area contributed by atoms with Crippen molar-refractivity contribution in [3.8, 4) is 12.1 Å². The van der Waals surface area contributed by atoms with E-state index in [9.17, 15) is 10.5 Å². The van der Waals surface area contributed by atoms with Crippen molar-refractivity contribution in [2.75, 3.05) is 0 Å². The molecule has 0 fully saturated rings. The van der Waals surface area contributed by atoms with E-state index in [1.165, 1.54) is 0 Å². The van der Waals surface area contributed by atoms with Crippen LogP contribution in [0.4, 0.5) is 0 Å². The Morgan fingerprint density at radius 1 is 0.871 bits per heavy atom. The second-order valence-corrected chi connectivity index (χ2v) is 8.47. The van der Waals surface area contributed by atoms with Gasteiger partial charge in [0, 0.05) is 28.0 Å². The van der Waals surface area contributed by atoms with Crippen molar-refractivity contribution in [2.45, 2.75) is 37.8 Å². The third kappa shape index (κ3) is 6.33. The Balaban J connectivity index is 1.90. The number of halogens is 2. The fraction of sp³-hybridized carbons (Fsp3) is 0.231. The first-order chi connectivity index (χ1) is 15.0. The molecular weight excluding hydrogens is 425 g/mol. The van der Waals surface area contributed by atoms with Crippen molar-refractivity contribution in [2.24, 2.45) is 0 Å². The molecule has 156 valence electrons. The molecule has 0 aliphatic rings. The van der Waals surface area contributed by atoms with Crippen LogP contribution in [0.3, 0.4) is 0 Å². The molecule has 0 saturated carbocycles. The maximum Gasteiger partial charge on any atom is 0.0991 e. The molecule has 1 unspecified atom stereocenters. The van der Waals surface area contributed by atoms with Gasteiger partial charge in [0.15, 0.2) is 0 Å². The summed E-state index contributed by atoms with van der Waals surface area (Å²) in [7, 11) is 0. The van der Waals surface area contributed by atoms with E-state index < -0.39 is 0 Å². The predicted molar refractivity (Wildman–Crippen MR) is 126 cm³/mol. The van der Waals surface area contributed by atoms with Gasteiger partial charge in [-0.1, -0.05) is 59.6 Å². The first kappa shape index (κ1) is 22.9. The van der Waals surface area contributed by atoms with Crippen LogP contribution in [-0.4, -0.2) is 6.04 Å². The van der Waals surface area contributed by atoms with E-state index in [4.69, 9.17) is 23.2 Å². The van der Waals surface area contributed by atoms with Gasteiger partial charge in [-0.3, -0.25) is 0 Å². The van der Waals surface area contributed by atoms with Crippen molar-refractivity contribution < 1.29 is 0 Å². The Morgan fingerprint density at radius 3 is 2.13 bits per heavy atom. The average Bonchev–Trinajstić information content (AvgIpc) is 2.79. The summed E-state index contributed by atoms with van der Waals surface area (Å²) in [5.74, 6) is 0.1000. The first-order valence-corrected chi connectivity index (χ1v) is 10.9. The highest BCUT2D eigenvalue weighted by Gasteiger charge is 2.24. The smallest absolute Gasteiger partial charge is 0.0991 e. The van der Waals surface area contributed by atoms with Crippen molar-refractivity contribution >= 4 is 23.2 Å². The average molecular weight is 448 g/mol. The summed E-state index contributed by atoms with van der Waals surface area (Å²) in [6, 6.07) is 27.6. The molecule has 0 spiro atoms. The van der Waals surface area contributed by atoms with E-state index in [1.54, 1.807) is 0 Å². The van der Waals surface area contributed by atoms with E-state index in [2.05, 4.69) is 30.4 Å². The lowest BCUT2D eigenvalue weighted by molar-refractivity contribution is 0.401. The minimum atomic E-state index is -0.121. The molecule has 5 heteroatoms. The maximum atomic E-state index is 9.39. The number of nitrogens with zero attached hydrogens (tertiary/aromatic N) is 2. The van der Waals surface area contributed by atoms with Crippen LogP contribution >= 0.6 is 23.2 Å². The van der Waals surface area contributed by atoms with Gasteiger partial charge < -0.3 is 5.32 Å². The van der Waals surface area contributed by atoms with Gasteiger partial charge in [0.2, 0.25) is 0 Å². The van der Waals surface area contributed by atoms with E-state index in [1.807, 2.05) is 66.7 Å². The predicted octanol–water partition coefficient (Wildman–Crippen LogP) is 6.82. The van der Waals surface area contributed by atoms with Crippen LogP contribution in [0.25, 0.3) is 0 Å². The van der Waals surface area contributed by atoms with E-state index >= 15 is 0 Å². The fourth-order valence-electron chi connectivity index (χ4n) is 3.79. The highest BCUT2D eigenvalue weighted by atomic mass is 35.5. The largest absolute Gasteiger partial charge is 0.306 e. The zero-order chi connectivity index (χ0) is 22.2. The number of benzene rings is 3. The first-order valence-electron chi connectivity index (χ1n) is 10.1. The lowest BCUT2D eigenvalue weighted by atomic mass is 9.85. The van der Waals surface area contributed by atoms with Crippen molar-refractivity contribution in [1.29, 1.82) is 10.5 Å². The van der Waals surface area contributed by atoms with Crippen LogP contribution in [0.15, 0.2) is 72.8 Å². The molecule has 3 atom stereocenters. The molecular formula is C26H23Cl2N3. The molecule has 0 amide bonds. The molecule has 0 heterocycles. The number of hydrogen-bond acceptors (Lipinski definition) is 3. The molecule has 3 aromatic carbocycles. The Hall–Kier alpha value is -2.82. The topological polar surface area (TPSA) is 59.6 Å². The Bertz CT molecular complexity index is 1080. The van der Waals surface area contributed by atoms with Crippen molar-refractivity contribution in [3.63, 3.8) is 0 Å². The summed E-state index contributed by atoms with van der Waals surface area (Å²) in [4.78, 5) is 0. The number of nitrogens with one attached hydrogen (secondary N) is 1.